The largest absolute Gasteiger partial charge is 0.361 e. The van der Waals surface area contributed by atoms with E-state index in [-0.39, 0.29) is 0 Å². The lowest BCUT2D eigenvalue weighted by atomic mass is 10.2. The van der Waals surface area contributed by atoms with Crippen LogP contribution in [0.5, 0.6) is 0 Å². The Morgan fingerprint density at radius 1 is 1.36 bits per heavy atom. The van der Waals surface area contributed by atoms with Crippen molar-refractivity contribution in [3.05, 3.63) is 35.7 Å². The normalized spacial score (nSPS) is 10.1. The number of nitrogens with zero attached hydrogens (tertiary/aromatic N) is 2. The van der Waals surface area contributed by atoms with E-state index in [4.69, 9.17) is 4.52 Å². The summed E-state index contributed by atoms with van der Waals surface area (Å²) in [7, 11) is 0. The molecule has 0 aliphatic carbocycles. The summed E-state index contributed by atoms with van der Waals surface area (Å²) in [5.74, 6) is 0.737. The molecule has 4 nitrogen and oxygen atoms in total. The van der Waals surface area contributed by atoms with E-state index < -0.39 is 0 Å². The number of carbonyl (C=O) groups is 1. The summed E-state index contributed by atoms with van der Waals surface area (Å²) in [5.41, 5.74) is 1.93. The van der Waals surface area contributed by atoms with Crippen LogP contribution in [0.3, 0.4) is 0 Å². The number of pyridine rings is 1. The first-order valence-electron chi connectivity index (χ1n) is 4.14. The summed E-state index contributed by atoms with van der Waals surface area (Å²) < 4.78 is 4.92. The zero-order chi connectivity index (χ0) is 9.97. The molecular weight excluding hydrogens is 180 g/mol. The molecule has 0 N–H and O–H groups in total. The van der Waals surface area contributed by atoms with Crippen molar-refractivity contribution in [2.75, 3.05) is 0 Å². The maximum atomic E-state index is 10.4. The predicted octanol–water partition coefficient (Wildman–Crippen LogP) is 1.86. The molecule has 0 amide bonds. The van der Waals surface area contributed by atoms with Gasteiger partial charge in [-0.05, 0) is 19.1 Å². The van der Waals surface area contributed by atoms with Crippen LogP contribution >= 0.6 is 0 Å². The quantitative estimate of drug-likeness (QED) is 0.675. The van der Waals surface area contributed by atoms with E-state index in [0.717, 1.165) is 12.0 Å². The topological polar surface area (TPSA) is 56.0 Å². The van der Waals surface area contributed by atoms with Gasteiger partial charge >= 0.3 is 0 Å². The van der Waals surface area contributed by atoms with Gasteiger partial charge in [-0.15, -0.1) is 0 Å². The molecular formula is C10H8N2O2. The fourth-order valence-corrected chi connectivity index (χ4v) is 1.11. The van der Waals surface area contributed by atoms with Crippen LogP contribution < -0.4 is 0 Å². The van der Waals surface area contributed by atoms with E-state index in [1.54, 1.807) is 18.2 Å². The number of carbonyl (C=O) groups excluding carboxylic acids is 1. The van der Waals surface area contributed by atoms with Crippen molar-refractivity contribution in [3.8, 4) is 11.4 Å². The van der Waals surface area contributed by atoms with Gasteiger partial charge in [0.25, 0.3) is 0 Å². The first kappa shape index (κ1) is 8.62. The van der Waals surface area contributed by atoms with Gasteiger partial charge in [-0.25, -0.2) is 0 Å². The summed E-state index contributed by atoms with van der Waals surface area (Å²) in [6.45, 7) is 1.82. The molecule has 70 valence electrons. The monoisotopic (exact) mass is 188 g/mol. The van der Waals surface area contributed by atoms with Crippen LogP contribution in [0.15, 0.2) is 28.9 Å². The van der Waals surface area contributed by atoms with Crippen LogP contribution in [0, 0.1) is 6.92 Å². The summed E-state index contributed by atoms with van der Waals surface area (Å²) in [6.07, 6.45) is 2.26. The number of hydrogen-bond acceptors (Lipinski definition) is 4. The Hall–Kier alpha value is -1.97. The lowest BCUT2D eigenvalue weighted by Crippen LogP contribution is -1.85. The molecule has 2 aromatic heterocycles. The molecule has 0 saturated heterocycles. The van der Waals surface area contributed by atoms with Crippen molar-refractivity contribution >= 4 is 6.29 Å². The van der Waals surface area contributed by atoms with Crippen LogP contribution in [-0.4, -0.2) is 16.4 Å². The molecule has 14 heavy (non-hydrogen) atoms. The standard InChI is InChI=1S/C10H8N2O2/c1-7-4-10(12-14-7)9-3-2-8(6-13)5-11-9/h2-6H,1H3. The van der Waals surface area contributed by atoms with Gasteiger partial charge in [0.05, 0.1) is 5.69 Å². The minimum Gasteiger partial charge on any atom is -0.361 e. The number of aryl methyl sites for hydroxylation is 1. The summed E-state index contributed by atoms with van der Waals surface area (Å²) >= 11 is 0. The molecule has 0 spiro atoms. The van der Waals surface area contributed by atoms with Crippen LogP contribution in [0.4, 0.5) is 0 Å². The van der Waals surface area contributed by atoms with E-state index in [9.17, 15) is 4.79 Å². The summed E-state index contributed by atoms with van der Waals surface area (Å²) in [4.78, 5) is 14.5. The zero-order valence-corrected chi connectivity index (χ0v) is 7.60. The third kappa shape index (κ3) is 1.54. The Bertz CT molecular complexity index is 445. The van der Waals surface area contributed by atoms with Gasteiger partial charge < -0.3 is 4.52 Å². The van der Waals surface area contributed by atoms with Gasteiger partial charge in [-0.1, -0.05) is 5.16 Å². The fraction of sp³-hybridized carbons (Fsp3) is 0.100. The van der Waals surface area contributed by atoms with Crippen LogP contribution in [0.2, 0.25) is 0 Å². The lowest BCUT2D eigenvalue weighted by Gasteiger charge is -1.93. The van der Waals surface area contributed by atoms with Crippen molar-refractivity contribution in [2.24, 2.45) is 0 Å². The summed E-state index contributed by atoms with van der Waals surface area (Å²) in [5, 5.41) is 3.82. The Morgan fingerprint density at radius 3 is 2.71 bits per heavy atom. The highest BCUT2D eigenvalue weighted by Gasteiger charge is 2.04. The highest BCUT2D eigenvalue weighted by Crippen LogP contribution is 2.15. The van der Waals surface area contributed by atoms with Gasteiger partial charge in [0.2, 0.25) is 0 Å². The highest BCUT2D eigenvalue weighted by atomic mass is 16.5. The molecule has 0 radical (unpaired) electrons. The van der Waals surface area contributed by atoms with Crippen LogP contribution in [0.25, 0.3) is 11.4 Å². The van der Waals surface area contributed by atoms with Crippen LogP contribution in [-0.2, 0) is 0 Å². The summed E-state index contributed by atoms with van der Waals surface area (Å²) in [6, 6.07) is 5.23. The van der Waals surface area contributed by atoms with Crippen molar-refractivity contribution in [1.29, 1.82) is 0 Å². The smallest absolute Gasteiger partial charge is 0.151 e. The molecule has 0 aromatic carbocycles. The number of hydrogen-bond donors (Lipinski definition) is 0. The number of aromatic nitrogens is 2. The Balaban J connectivity index is 2.38. The number of rotatable bonds is 2. The molecule has 0 unspecified atom stereocenters. The molecule has 0 fully saturated rings. The first-order valence-corrected chi connectivity index (χ1v) is 4.14. The van der Waals surface area contributed by atoms with Gasteiger partial charge in [0.15, 0.2) is 6.29 Å². The van der Waals surface area contributed by atoms with Gasteiger partial charge in [0, 0.05) is 17.8 Å². The minimum absolute atomic E-state index is 0.550. The molecule has 2 rings (SSSR count). The molecule has 0 atom stereocenters. The third-order valence-electron chi connectivity index (χ3n) is 1.81. The fourth-order valence-electron chi connectivity index (χ4n) is 1.11. The van der Waals surface area contributed by atoms with Gasteiger partial charge in [-0.2, -0.15) is 0 Å². The second-order valence-electron chi connectivity index (χ2n) is 2.92. The number of aldehydes is 1. The van der Waals surface area contributed by atoms with E-state index in [2.05, 4.69) is 10.1 Å². The predicted molar refractivity (Wildman–Crippen MR) is 49.9 cm³/mol. The molecule has 0 aliphatic heterocycles. The SMILES string of the molecule is Cc1cc(-c2ccc(C=O)cn2)no1. The Kier molecular flexibility index (Phi) is 2.10. The van der Waals surface area contributed by atoms with Gasteiger partial charge in [-0.3, -0.25) is 9.78 Å². The van der Waals surface area contributed by atoms with Crippen LogP contribution in [0.1, 0.15) is 16.1 Å². The van der Waals surface area contributed by atoms with Crippen molar-refractivity contribution in [1.82, 2.24) is 10.1 Å². The molecule has 4 heteroatoms. The maximum absolute atomic E-state index is 10.4. The van der Waals surface area contributed by atoms with Crippen molar-refractivity contribution in [3.63, 3.8) is 0 Å². The minimum atomic E-state index is 0.550. The van der Waals surface area contributed by atoms with Crippen molar-refractivity contribution < 1.29 is 9.32 Å². The maximum Gasteiger partial charge on any atom is 0.151 e. The molecule has 2 aromatic rings. The lowest BCUT2D eigenvalue weighted by molar-refractivity contribution is 0.112. The molecule has 0 saturated carbocycles. The average molecular weight is 188 g/mol. The third-order valence-corrected chi connectivity index (χ3v) is 1.81. The van der Waals surface area contributed by atoms with Gasteiger partial charge in [0.1, 0.15) is 11.5 Å². The molecule has 0 aliphatic rings. The van der Waals surface area contributed by atoms with E-state index in [0.29, 0.717) is 17.0 Å². The zero-order valence-electron chi connectivity index (χ0n) is 7.60. The molecule has 0 bridgehead atoms. The first-order chi connectivity index (χ1) is 6.79. The molecule has 2 heterocycles. The second kappa shape index (κ2) is 3.41. The van der Waals surface area contributed by atoms with E-state index in [1.807, 2.05) is 6.92 Å². The average Bonchev–Trinajstić information content (AvgIpc) is 2.65. The van der Waals surface area contributed by atoms with Crippen molar-refractivity contribution in [2.45, 2.75) is 6.92 Å². The second-order valence-corrected chi connectivity index (χ2v) is 2.92. The Labute approximate surface area is 80.6 Å². The van der Waals surface area contributed by atoms with E-state index >= 15 is 0 Å². The van der Waals surface area contributed by atoms with E-state index in [1.165, 1.54) is 6.20 Å². The highest BCUT2D eigenvalue weighted by molar-refractivity contribution is 5.74. The Morgan fingerprint density at radius 2 is 2.21 bits per heavy atom.